The summed E-state index contributed by atoms with van der Waals surface area (Å²) in [6.07, 6.45) is 4.33. The topological polar surface area (TPSA) is 66.3 Å². The van der Waals surface area contributed by atoms with Crippen molar-refractivity contribution in [2.45, 2.75) is 6.42 Å². The summed E-state index contributed by atoms with van der Waals surface area (Å²) in [4.78, 5) is 20.9. The van der Waals surface area contributed by atoms with Crippen molar-refractivity contribution in [3.63, 3.8) is 0 Å². The standard InChI is InChI=1S/C12H12ClN3O2S/c1-16(7-4-8-2-5-14-6-3-8)12-15-10(13)9(19-12)11(17)18/h2-3,5-6H,4,7H2,1H3,(H,17,18). The number of halogens is 1. The van der Waals surface area contributed by atoms with E-state index in [2.05, 4.69) is 9.97 Å². The van der Waals surface area contributed by atoms with Gasteiger partial charge in [-0.1, -0.05) is 22.9 Å². The molecular formula is C12H12ClN3O2S. The second kappa shape index (κ2) is 5.99. The smallest absolute Gasteiger partial charge is 0.349 e. The molecule has 0 aliphatic carbocycles. The Morgan fingerprint density at radius 3 is 2.74 bits per heavy atom. The highest BCUT2D eigenvalue weighted by Gasteiger charge is 2.17. The highest BCUT2D eigenvalue weighted by molar-refractivity contribution is 7.18. The molecule has 0 saturated carbocycles. The van der Waals surface area contributed by atoms with Crippen LogP contribution >= 0.6 is 22.9 Å². The van der Waals surface area contributed by atoms with Crippen LogP contribution < -0.4 is 4.90 Å². The third kappa shape index (κ3) is 3.42. The molecule has 0 saturated heterocycles. The Balaban J connectivity index is 2.02. The van der Waals surface area contributed by atoms with Crippen LogP contribution in [-0.2, 0) is 6.42 Å². The van der Waals surface area contributed by atoms with E-state index in [4.69, 9.17) is 16.7 Å². The van der Waals surface area contributed by atoms with Gasteiger partial charge in [0.05, 0.1) is 0 Å². The first kappa shape index (κ1) is 13.8. The quantitative estimate of drug-likeness (QED) is 0.919. The van der Waals surface area contributed by atoms with Gasteiger partial charge in [-0.2, -0.15) is 0 Å². The number of rotatable bonds is 5. The lowest BCUT2D eigenvalue weighted by Crippen LogP contribution is -2.19. The van der Waals surface area contributed by atoms with Gasteiger partial charge in [0, 0.05) is 26.0 Å². The number of hydrogen-bond acceptors (Lipinski definition) is 5. The maximum absolute atomic E-state index is 10.9. The number of hydrogen-bond donors (Lipinski definition) is 1. The Morgan fingerprint density at radius 2 is 2.16 bits per heavy atom. The van der Waals surface area contributed by atoms with E-state index in [1.54, 1.807) is 12.4 Å². The van der Waals surface area contributed by atoms with Gasteiger partial charge in [0.15, 0.2) is 15.2 Å². The van der Waals surface area contributed by atoms with Crippen molar-refractivity contribution in [3.8, 4) is 0 Å². The Kier molecular flexibility index (Phi) is 4.34. The maximum atomic E-state index is 10.9. The van der Waals surface area contributed by atoms with E-state index in [0.29, 0.717) is 5.13 Å². The van der Waals surface area contributed by atoms with Crippen LogP contribution in [-0.4, -0.2) is 34.6 Å². The number of anilines is 1. The third-order valence-electron chi connectivity index (χ3n) is 2.58. The predicted molar refractivity (Wildman–Crippen MR) is 75.3 cm³/mol. The number of carbonyl (C=O) groups is 1. The molecule has 0 radical (unpaired) electrons. The van der Waals surface area contributed by atoms with Gasteiger partial charge in [-0.25, -0.2) is 9.78 Å². The van der Waals surface area contributed by atoms with Crippen molar-refractivity contribution in [2.75, 3.05) is 18.5 Å². The zero-order chi connectivity index (χ0) is 13.8. The Hall–Kier alpha value is -1.66. The molecule has 2 rings (SSSR count). The van der Waals surface area contributed by atoms with Crippen molar-refractivity contribution in [2.24, 2.45) is 0 Å². The monoisotopic (exact) mass is 297 g/mol. The summed E-state index contributed by atoms with van der Waals surface area (Å²) in [6.45, 7) is 0.729. The van der Waals surface area contributed by atoms with Crippen LogP contribution in [0.3, 0.4) is 0 Å². The minimum atomic E-state index is -1.05. The highest BCUT2D eigenvalue weighted by Crippen LogP contribution is 2.28. The van der Waals surface area contributed by atoms with Crippen molar-refractivity contribution in [1.82, 2.24) is 9.97 Å². The largest absolute Gasteiger partial charge is 0.477 e. The van der Waals surface area contributed by atoms with Crippen LogP contribution in [0.4, 0.5) is 5.13 Å². The number of pyridine rings is 1. The van der Waals surface area contributed by atoms with Crippen LogP contribution in [0.2, 0.25) is 5.15 Å². The van der Waals surface area contributed by atoms with Crippen LogP contribution in [0.5, 0.6) is 0 Å². The summed E-state index contributed by atoms with van der Waals surface area (Å²) in [5.41, 5.74) is 1.17. The number of aromatic nitrogens is 2. The summed E-state index contributed by atoms with van der Waals surface area (Å²) in [5, 5.41) is 9.58. The lowest BCUT2D eigenvalue weighted by molar-refractivity contribution is 0.0702. The number of carboxylic acids is 1. The molecule has 5 nitrogen and oxygen atoms in total. The van der Waals surface area contributed by atoms with E-state index in [9.17, 15) is 4.79 Å². The zero-order valence-electron chi connectivity index (χ0n) is 10.2. The zero-order valence-corrected chi connectivity index (χ0v) is 11.8. The number of likely N-dealkylation sites (N-methyl/N-ethyl adjacent to an activating group) is 1. The minimum absolute atomic E-state index is 0.0447. The average Bonchev–Trinajstić information content (AvgIpc) is 2.79. The van der Waals surface area contributed by atoms with Crippen LogP contribution in [0.1, 0.15) is 15.2 Å². The third-order valence-corrected chi connectivity index (χ3v) is 4.12. The van der Waals surface area contributed by atoms with E-state index >= 15 is 0 Å². The van der Waals surface area contributed by atoms with E-state index < -0.39 is 5.97 Å². The van der Waals surface area contributed by atoms with Gasteiger partial charge in [-0.15, -0.1) is 0 Å². The van der Waals surface area contributed by atoms with Gasteiger partial charge >= 0.3 is 5.97 Å². The summed E-state index contributed by atoms with van der Waals surface area (Å²) in [7, 11) is 1.86. The normalized spacial score (nSPS) is 10.4. The van der Waals surface area contributed by atoms with E-state index in [0.717, 1.165) is 24.3 Å². The highest BCUT2D eigenvalue weighted by atomic mass is 35.5. The molecule has 0 spiro atoms. The van der Waals surface area contributed by atoms with E-state index in [-0.39, 0.29) is 10.0 Å². The Bertz CT molecular complexity index is 574. The molecule has 0 atom stereocenters. The van der Waals surface area contributed by atoms with E-state index in [1.807, 2.05) is 24.1 Å². The molecule has 2 heterocycles. The summed E-state index contributed by atoms with van der Waals surface area (Å²) in [5.74, 6) is -1.05. The Labute approximate surface area is 119 Å². The molecule has 0 aliphatic rings. The number of nitrogens with zero attached hydrogens (tertiary/aromatic N) is 3. The lowest BCUT2D eigenvalue weighted by atomic mass is 10.2. The predicted octanol–water partition coefficient (Wildman–Crippen LogP) is 2.57. The molecule has 100 valence electrons. The molecule has 19 heavy (non-hydrogen) atoms. The van der Waals surface area contributed by atoms with Crippen LogP contribution in [0.15, 0.2) is 24.5 Å². The number of carboxylic acid groups (broad SMARTS) is 1. The number of thiazole rings is 1. The second-order valence-electron chi connectivity index (χ2n) is 3.95. The molecule has 2 aromatic rings. The first-order valence-electron chi connectivity index (χ1n) is 5.57. The lowest BCUT2D eigenvalue weighted by Gasteiger charge is -2.15. The molecule has 0 bridgehead atoms. The molecule has 2 aromatic heterocycles. The molecular weight excluding hydrogens is 286 g/mol. The van der Waals surface area contributed by atoms with Gasteiger partial charge in [0.1, 0.15) is 0 Å². The van der Waals surface area contributed by atoms with E-state index in [1.165, 1.54) is 5.56 Å². The van der Waals surface area contributed by atoms with Crippen molar-refractivity contribution >= 4 is 34.0 Å². The van der Waals surface area contributed by atoms with Crippen molar-refractivity contribution < 1.29 is 9.90 Å². The molecule has 1 N–H and O–H groups in total. The summed E-state index contributed by atoms with van der Waals surface area (Å²) >= 11 is 6.87. The average molecular weight is 298 g/mol. The van der Waals surface area contributed by atoms with Gasteiger partial charge < -0.3 is 10.0 Å². The Morgan fingerprint density at radius 1 is 1.47 bits per heavy atom. The van der Waals surface area contributed by atoms with Gasteiger partial charge in [0.2, 0.25) is 0 Å². The molecule has 0 aromatic carbocycles. The first-order chi connectivity index (χ1) is 9.08. The first-order valence-corrected chi connectivity index (χ1v) is 6.77. The summed E-state index contributed by atoms with van der Waals surface area (Å²) in [6, 6.07) is 3.90. The molecule has 0 aliphatic heterocycles. The molecule has 0 amide bonds. The molecule has 0 fully saturated rings. The fraction of sp³-hybridized carbons (Fsp3) is 0.250. The molecule has 0 unspecified atom stereocenters. The fourth-order valence-electron chi connectivity index (χ4n) is 1.53. The van der Waals surface area contributed by atoms with Crippen LogP contribution in [0.25, 0.3) is 0 Å². The number of aromatic carboxylic acids is 1. The van der Waals surface area contributed by atoms with Crippen molar-refractivity contribution in [3.05, 3.63) is 40.1 Å². The minimum Gasteiger partial charge on any atom is -0.477 e. The van der Waals surface area contributed by atoms with Crippen molar-refractivity contribution in [1.29, 1.82) is 0 Å². The second-order valence-corrected chi connectivity index (χ2v) is 5.28. The molecule has 7 heteroatoms. The van der Waals surface area contributed by atoms with Gasteiger partial charge in [-0.3, -0.25) is 4.98 Å². The SMILES string of the molecule is CN(CCc1ccncc1)c1nc(Cl)c(C(=O)O)s1. The maximum Gasteiger partial charge on any atom is 0.349 e. The van der Waals surface area contributed by atoms with Gasteiger partial charge in [-0.05, 0) is 24.1 Å². The van der Waals surface area contributed by atoms with Crippen LogP contribution in [0, 0.1) is 0 Å². The summed E-state index contributed by atoms with van der Waals surface area (Å²) < 4.78 is 0. The fourth-order valence-corrected chi connectivity index (χ4v) is 2.64. The van der Waals surface area contributed by atoms with Gasteiger partial charge in [0.25, 0.3) is 0 Å².